The van der Waals surface area contributed by atoms with Crippen LogP contribution in [0.2, 0.25) is 0 Å². The zero-order valence-electron chi connectivity index (χ0n) is 27.2. The Hall–Kier alpha value is -6.92. The molecule has 6 aromatic carbocycles. The predicted octanol–water partition coefficient (Wildman–Crippen LogP) is 8.58. The van der Waals surface area contributed by atoms with E-state index in [1.165, 1.54) is 93.7 Å². The van der Waals surface area contributed by atoms with Crippen LogP contribution in [0.5, 0.6) is 0 Å². The summed E-state index contributed by atoms with van der Waals surface area (Å²) < 4.78 is 15.0. The first-order chi connectivity index (χ1) is 25.3. The zero-order valence-corrected chi connectivity index (χ0v) is 27.2. The summed E-state index contributed by atoms with van der Waals surface area (Å²) in [5.74, 6) is 0. The number of para-hydroxylation sites is 4. The third-order valence-corrected chi connectivity index (χ3v) is 12.1. The third-order valence-electron chi connectivity index (χ3n) is 12.1. The Bertz CT molecular complexity index is 3370. The lowest BCUT2D eigenvalue weighted by Crippen LogP contribution is -2.76. The summed E-state index contributed by atoms with van der Waals surface area (Å²) in [7, 11) is 0. The lowest BCUT2D eigenvalue weighted by Gasteiger charge is -2.33. The maximum atomic E-state index is 2.58. The quantitative estimate of drug-likeness (QED) is 0.159. The van der Waals surface area contributed by atoms with Gasteiger partial charge in [0, 0.05) is 26.9 Å². The average Bonchev–Trinajstić information content (AvgIpc) is 3.98. The summed E-state index contributed by atoms with van der Waals surface area (Å²) in [6.45, 7) is 0. The van der Waals surface area contributed by atoms with E-state index in [0.29, 0.717) is 0 Å². The van der Waals surface area contributed by atoms with Crippen LogP contribution in [0.3, 0.4) is 0 Å². The standard InChI is InChI=1S/C45H26N6/c1-5-16-34-28(11-1)29-12-2-6-17-35(29)49(34)27-25-47-38-23-22-32-30-13-3-7-18-36(30)50-39-20-9-21-40-41(39)45(48(47)26-27,42(38)43(32)50)46-24-10-15-33-31-14-4-8-19-37(31)51(40)44(33)46/h1-26H/q+2. The van der Waals surface area contributed by atoms with Gasteiger partial charge < -0.3 is 9.13 Å². The topological polar surface area (TPSA) is 27.5 Å². The SMILES string of the molecule is c1cc2c3c(c1)-n1c4ccccc4c4ccc[n+](c41)C31c3c(ccc4c5ccccc5n-2c34)-n2cc(-n3c4ccccc4c4ccccc43)c[n+]21. The van der Waals surface area contributed by atoms with Gasteiger partial charge in [-0.05, 0) is 66.7 Å². The van der Waals surface area contributed by atoms with Crippen LogP contribution in [-0.4, -0.2) is 18.4 Å². The molecule has 0 amide bonds. The van der Waals surface area contributed by atoms with Gasteiger partial charge in [0.1, 0.15) is 28.0 Å². The molecule has 3 aliphatic heterocycles. The van der Waals surface area contributed by atoms with Gasteiger partial charge >= 0.3 is 11.3 Å². The van der Waals surface area contributed by atoms with Crippen molar-refractivity contribution < 1.29 is 9.25 Å². The van der Waals surface area contributed by atoms with Crippen LogP contribution in [0.25, 0.3) is 88.3 Å². The zero-order chi connectivity index (χ0) is 32.7. The number of rotatable bonds is 1. The van der Waals surface area contributed by atoms with E-state index in [4.69, 9.17) is 0 Å². The smallest absolute Gasteiger partial charge is 0.307 e. The minimum absolute atomic E-state index is 0.688. The molecule has 11 aromatic rings. The van der Waals surface area contributed by atoms with E-state index in [9.17, 15) is 0 Å². The lowest BCUT2D eigenvalue weighted by atomic mass is 9.83. The summed E-state index contributed by atoms with van der Waals surface area (Å²) in [6.07, 6.45) is 7.06. The summed E-state index contributed by atoms with van der Waals surface area (Å²) in [6, 6.07) is 51.5. The van der Waals surface area contributed by atoms with E-state index in [1.807, 2.05) is 0 Å². The number of hydrogen-bond acceptors (Lipinski definition) is 0. The molecule has 14 rings (SSSR count). The van der Waals surface area contributed by atoms with Gasteiger partial charge in [0.05, 0.1) is 45.5 Å². The molecule has 0 radical (unpaired) electrons. The minimum Gasteiger partial charge on any atom is -0.307 e. The second kappa shape index (κ2) is 8.09. The van der Waals surface area contributed by atoms with E-state index in [1.54, 1.807) is 0 Å². The molecule has 1 spiro atoms. The number of benzene rings is 6. The molecular formula is C45H26N6+2. The van der Waals surface area contributed by atoms with Crippen molar-refractivity contribution >= 4 is 65.5 Å². The summed E-state index contributed by atoms with van der Waals surface area (Å²) in [5, 5.41) is 7.62. The van der Waals surface area contributed by atoms with Gasteiger partial charge in [0.2, 0.25) is 6.20 Å². The van der Waals surface area contributed by atoms with Gasteiger partial charge in [0.15, 0.2) is 5.69 Å². The van der Waals surface area contributed by atoms with Gasteiger partial charge in [-0.1, -0.05) is 77.5 Å². The lowest BCUT2D eigenvalue weighted by molar-refractivity contribution is -0.987. The van der Waals surface area contributed by atoms with E-state index in [0.717, 1.165) is 5.69 Å². The van der Waals surface area contributed by atoms with Crippen molar-refractivity contribution in [2.45, 2.75) is 5.66 Å². The Kier molecular flexibility index (Phi) is 3.98. The fourth-order valence-electron chi connectivity index (χ4n) is 10.4. The summed E-state index contributed by atoms with van der Waals surface area (Å²) in [5.41, 5.74) is 14.1. The maximum Gasteiger partial charge on any atom is 0.394 e. The third kappa shape index (κ3) is 2.51. The summed E-state index contributed by atoms with van der Waals surface area (Å²) in [4.78, 5) is 0. The second-order valence-electron chi connectivity index (χ2n) is 14.3. The number of fused-ring (bicyclic) bond motifs is 13. The van der Waals surface area contributed by atoms with Crippen LogP contribution in [0.15, 0.2) is 158 Å². The van der Waals surface area contributed by atoms with Crippen molar-refractivity contribution in [1.29, 1.82) is 0 Å². The highest BCUT2D eigenvalue weighted by Gasteiger charge is 2.68. The molecule has 1 atom stereocenters. The molecule has 5 aromatic heterocycles. The summed E-state index contributed by atoms with van der Waals surface area (Å²) >= 11 is 0. The Morgan fingerprint density at radius 2 is 1.00 bits per heavy atom. The van der Waals surface area contributed by atoms with Crippen LogP contribution < -0.4 is 9.25 Å². The largest absolute Gasteiger partial charge is 0.394 e. The highest BCUT2D eigenvalue weighted by Crippen LogP contribution is 2.53. The molecular weight excluding hydrogens is 625 g/mol. The monoisotopic (exact) mass is 650 g/mol. The Morgan fingerprint density at radius 1 is 0.431 bits per heavy atom. The van der Waals surface area contributed by atoms with Crippen LogP contribution >= 0.6 is 0 Å². The van der Waals surface area contributed by atoms with Gasteiger partial charge in [-0.25, -0.2) is 0 Å². The molecule has 0 bridgehead atoms. The van der Waals surface area contributed by atoms with Gasteiger partial charge in [-0.2, -0.15) is 9.13 Å². The van der Waals surface area contributed by atoms with Crippen molar-refractivity contribution in [2.75, 3.05) is 0 Å². The number of nitrogens with zero attached hydrogens (tertiary/aromatic N) is 6. The highest BCUT2D eigenvalue weighted by atomic mass is 15.5. The normalized spacial score (nSPS) is 16.3. The molecule has 6 nitrogen and oxygen atoms in total. The molecule has 234 valence electrons. The molecule has 0 saturated carbocycles. The van der Waals surface area contributed by atoms with Crippen molar-refractivity contribution in [1.82, 2.24) is 18.4 Å². The first kappa shape index (κ1) is 25.1. The van der Waals surface area contributed by atoms with Crippen LogP contribution in [-0.2, 0) is 5.66 Å². The molecule has 6 heteroatoms. The van der Waals surface area contributed by atoms with E-state index in [2.05, 4.69) is 186 Å². The van der Waals surface area contributed by atoms with Crippen molar-refractivity contribution in [2.24, 2.45) is 0 Å². The Balaban J connectivity index is 1.24. The Labute approximate surface area is 290 Å². The predicted molar refractivity (Wildman–Crippen MR) is 201 cm³/mol. The molecule has 0 N–H and O–H groups in total. The molecule has 3 aliphatic rings. The van der Waals surface area contributed by atoms with Crippen molar-refractivity contribution in [3.8, 4) is 22.7 Å². The van der Waals surface area contributed by atoms with Gasteiger partial charge in [0.25, 0.3) is 0 Å². The van der Waals surface area contributed by atoms with Crippen molar-refractivity contribution in [3.63, 3.8) is 0 Å². The number of pyridine rings is 1. The van der Waals surface area contributed by atoms with Crippen LogP contribution in [0.1, 0.15) is 11.1 Å². The first-order valence-corrected chi connectivity index (χ1v) is 17.6. The number of hydrogen-bond donors (Lipinski definition) is 0. The van der Waals surface area contributed by atoms with Crippen molar-refractivity contribution in [3.05, 3.63) is 169 Å². The number of aromatic nitrogens is 6. The maximum absolute atomic E-state index is 2.58. The van der Waals surface area contributed by atoms with E-state index in [-0.39, 0.29) is 0 Å². The molecule has 1 unspecified atom stereocenters. The molecule has 51 heavy (non-hydrogen) atoms. The second-order valence-corrected chi connectivity index (χ2v) is 14.3. The molecule has 8 heterocycles. The fourth-order valence-corrected chi connectivity index (χ4v) is 10.4. The van der Waals surface area contributed by atoms with Crippen LogP contribution in [0.4, 0.5) is 0 Å². The Morgan fingerprint density at radius 3 is 1.71 bits per heavy atom. The molecule has 0 aliphatic carbocycles. The van der Waals surface area contributed by atoms with Gasteiger partial charge in [-0.15, -0.1) is 4.68 Å². The first-order valence-electron chi connectivity index (χ1n) is 17.6. The van der Waals surface area contributed by atoms with E-state index >= 15 is 0 Å². The van der Waals surface area contributed by atoms with E-state index < -0.39 is 5.66 Å². The minimum atomic E-state index is -0.688. The average molecular weight is 651 g/mol. The van der Waals surface area contributed by atoms with Crippen LogP contribution in [0, 0.1) is 0 Å². The fraction of sp³-hybridized carbons (Fsp3) is 0.0222. The molecule has 0 saturated heterocycles. The van der Waals surface area contributed by atoms with Gasteiger partial charge in [-0.3, -0.25) is 0 Å². The molecule has 0 fully saturated rings. The highest BCUT2D eigenvalue weighted by molar-refractivity contribution is 6.13.